The van der Waals surface area contributed by atoms with E-state index in [4.69, 9.17) is 9.47 Å². The minimum Gasteiger partial charge on any atom is -0.496 e. The van der Waals surface area contributed by atoms with Crippen molar-refractivity contribution in [2.24, 2.45) is 0 Å². The second kappa shape index (κ2) is 8.59. The number of hydrogen-bond donors (Lipinski definition) is 1. The van der Waals surface area contributed by atoms with Crippen LogP contribution >= 0.6 is 0 Å². The first kappa shape index (κ1) is 22.3. The third-order valence-corrected chi connectivity index (χ3v) is 6.67. The number of para-hydroxylation sites is 1. The maximum atomic E-state index is 13.1. The molecule has 4 rings (SSSR count). The molecule has 33 heavy (non-hydrogen) atoms. The van der Waals surface area contributed by atoms with Crippen LogP contribution < -0.4 is 19.8 Å². The number of rotatable bonds is 6. The Bertz CT molecular complexity index is 1530. The van der Waals surface area contributed by atoms with Gasteiger partial charge in [-0.15, -0.1) is 0 Å². The summed E-state index contributed by atoms with van der Waals surface area (Å²) in [6, 6.07) is 16.5. The van der Waals surface area contributed by atoms with Crippen LogP contribution in [-0.4, -0.2) is 32.2 Å². The van der Waals surface area contributed by atoms with E-state index in [0.29, 0.717) is 33.7 Å². The first-order valence-corrected chi connectivity index (χ1v) is 11.6. The third kappa shape index (κ3) is 4.14. The predicted octanol–water partition coefficient (Wildman–Crippen LogP) is 3.82. The summed E-state index contributed by atoms with van der Waals surface area (Å²) in [6.07, 6.45) is 0. The zero-order chi connectivity index (χ0) is 23.8. The SMILES string of the molecule is COc1ccc(S(=O)(=O)Nc2ccc(-n3c(C)nc4ccccc4c3=O)cc2OC)cc1C. The summed E-state index contributed by atoms with van der Waals surface area (Å²) < 4.78 is 40.6. The van der Waals surface area contributed by atoms with Gasteiger partial charge in [0.05, 0.1) is 41.4 Å². The molecule has 4 aromatic rings. The molecule has 0 aliphatic heterocycles. The largest absolute Gasteiger partial charge is 0.496 e. The highest BCUT2D eigenvalue weighted by molar-refractivity contribution is 7.92. The Morgan fingerprint density at radius 3 is 2.33 bits per heavy atom. The molecule has 3 aromatic carbocycles. The number of aryl methyl sites for hydroxylation is 2. The van der Waals surface area contributed by atoms with Crippen molar-refractivity contribution in [1.82, 2.24) is 9.55 Å². The van der Waals surface area contributed by atoms with Gasteiger partial charge in [-0.3, -0.25) is 14.1 Å². The first-order chi connectivity index (χ1) is 15.7. The van der Waals surface area contributed by atoms with Crippen LogP contribution in [0.2, 0.25) is 0 Å². The standard InChI is InChI=1S/C24H23N3O5S/c1-15-13-18(10-12-22(15)31-3)33(29,30)26-21-11-9-17(14-23(21)32-4)27-16(2)25-20-8-6-5-7-19(20)24(27)28/h5-14,26H,1-4H3. The smallest absolute Gasteiger partial charge is 0.265 e. The van der Waals surface area contributed by atoms with E-state index in [-0.39, 0.29) is 21.9 Å². The van der Waals surface area contributed by atoms with Gasteiger partial charge < -0.3 is 9.47 Å². The van der Waals surface area contributed by atoms with Crippen LogP contribution in [-0.2, 0) is 10.0 Å². The Labute approximate surface area is 191 Å². The normalized spacial score (nSPS) is 11.4. The molecule has 9 heteroatoms. The molecule has 0 saturated heterocycles. The topological polar surface area (TPSA) is 99.5 Å². The molecule has 1 aromatic heterocycles. The minimum atomic E-state index is -3.88. The molecule has 0 bridgehead atoms. The molecule has 0 saturated carbocycles. The molecule has 1 N–H and O–H groups in total. The van der Waals surface area contributed by atoms with Crippen molar-refractivity contribution >= 4 is 26.6 Å². The zero-order valence-electron chi connectivity index (χ0n) is 18.6. The van der Waals surface area contributed by atoms with E-state index in [9.17, 15) is 13.2 Å². The van der Waals surface area contributed by atoms with Crippen LogP contribution in [0.1, 0.15) is 11.4 Å². The molecule has 0 atom stereocenters. The lowest BCUT2D eigenvalue weighted by atomic mass is 10.2. The molecule has 0 amide bonds. The molecule has 170 valence electrons. The monoisotopic (exact) mass is 465 g/mol. The molecule has 0 spiro atoms. The lowest BCUT2D eigenvalue weighted by Gasteiger charge is -2.16. The maximum absolute atomic E-state index is 13.1. The van der Waals surface area contributed by atoms with Crippen molar-refractivity contribution in [3.8, 4) is 17.2 Å². The van der Waals surface area contributed by atoms with E-state index in [1.165, 1.54) is 30.9 Å². The number of anilines is 1. The van der Waals surface area contributed by atoms with Crippen LogP contribution in [0.15, 0.2) is 70.4 Å². The number of nitrogens with one attached hydrogen (secondary N) is 1. The van der Waals surface area contributed by atoms with Crippen molar-refractivity contribution in [1.29, 1.82) is 0 Å². The Morgan fingerprint density at radius 2 is 1.64 bits per heavy atom. The van der Waals surface area contributed by atoms with Gasteiger partial charge in [0.1, 0.15) is 17.3 Å². The van der Waals surface area contributed by atoms with Crippen molar-refractivity contribution < 1.29 is 17.9 Å². The van der Waals surface area contributed by atoms with Gasteiger partial charge in [0.25, 0.3) is 15.6 Å². The summed E-state index contributed by atoms with van der Waals surface area (Å²) in [6.45, 7) is 3.51. The summed E-state index contributed by atoms with van der Waals surface area (Å²) in [5.41, 5.74) is 1.84. The number of ether oxygens (including phenoxy) is 2. The van der Waals surface area contributed by atoms with Gasteiger partial charge in [-0.1, -0.05) is 12.1 Å². The van der Waals surface area contributed by atoms with E-state index < -0.39 is 10.0 Å². The van der Waals surface area contributed by atoms with Crippen molar-refractivity contribution in [3.05, 3.63) is 82.4 Å². The molecule has 1 heterocycles. The van der Waals surface area contributed by atoms with Crippen LogP contribution in [0, 0.1) is 13.8 Å². The van der Waals surface area contributed by atoms with Crippen LogP contribution in [0.4, 0.5) is 5.69 Å². The van der Waals surface area contributed by atoms with Crippen molar-refractivity contribution in [2.75, 3.05) is 18.9 Å². The number of fused-ring (bicyclic) bond motifs is 1. The van der Waals surface area contributed by atoms with Crippen LogP contribution in [0.3, 0.4) is 0 Å². The van der Waals surface area contributed by atoms with Crippen LogP contribution in [0.25, 0.3) is 16.6 Å². The molecule has 0 aliphatic rings. The van der Waals surface area contributed by atoms with E-state index >= 15 is 0 Å². The lowest BCUT2D eigenvalue weighted by molar-refractivity contribution is 0.411. The maximum Gasteiger partial charge on any atom is 0.265 e. The fourth-order valence-corrected chi connectivity index (χ4v) is 4.83. The lowest BCUT2D eigenvalue weighted by Crippen LogP contribution is -2.22. The number of sulfonamides is 1. The first-order valence-electron chi connectivity index (χ1n) is 10.1. The highest BCUT2D eigenvalue weighted by atomic mass is 32.2. The van der Waals surface area contributed by atoms with Gasteiger partial charge in [-0.25, -0.2) is 13.4 Å². The van der Waals surface area contributed by atoms with Gasteiger partial charge in [0.2, 0.25) is 0 Å². The van der Waals surface area contributed by atoms with Gasteiger partial charge in [0.15, 0.2) is 0 Å². The second-order valence-corrected chi connectivity index (χ2v) is 9.12. The van der Waals surface area contributed by atoms with E-state index in [1.807, 2.05) is 6.07 Å². The van der Waals surface area contributed by atoms with Crippen LogP contribution in [0.5, 0.6) is 11.5 Å². The van der Waals surface area contributed by atoms with Gasteiger partial charge in [-0.05, 0) is 61.9 Å². The molecule has 0 aliphatic carbocycles. The Balaban J connectivity index is 1.75. The molecule has 8 nitrogen and oxygen atoms in total. The summed E-state index contributed by atoms with van der Waals surface area (Å²) >= 11 is 0. The van der Waals surface area contributed by atoms with Gasteiger partial charge in [-0.2, -0.15) is 0 Å². The number of nitrogens with zero attached hydrogens (tertiary/aromatic N) is 2. The average molecular weight is 466 g/mol. The molecule has 0 fully saturated rings. The van der Waals surface area contributed by atoms with Gasteiger partial charge in [0, 0.05) is 6.07 Å². The molecule has 0 radical (unpaired) electrons. The van der Waals surface area contributed by atoms with Crippen molar-refractivity contribution in [3.63, 3.8) is 0 Å². The Kier molecular flexibility index (Phi) is 5.82. The summed E-state index contributed by atoms with van der Waals surface area (Å²) in [7, 11) is -0.922. The highest BCUT2D eigenvalue weighted by Gasteiger charge is 2.19. The van der Waals surface area contributed by atoms with E-state index in [1.54, 1.807) is 56.3 Å². The highest BCUT2D eigenvalue weighted by Crippen LogP contribution is 2.30. The van der Waals surface area contributed by atoms with E-state index in [2.05, 4.69) is 9.71 Å². The van der Waals surface area contributed by atoms with E-state index in [0.717, 1.165) is 0 Å². The summed E-state index contributed by atoms with van der Waals surface area (Å²) in [5.74, 6) is 1.37. The zero-order valence-corrected chi connectivity index (χ0v) is 19.4. The molecular weight excluding hydrogens is 442 g/mol. The summed E-state index contributed by atoms with van der Waals surface area (Å²) in [4.78, 5) is 17.7. The number of aromatic nitrogens is 2. The fraction of sp³-hybridized carbons (Fsp3) is 0.167. The van der Waals surface area contributed by atoms with Crippen molar-refractivity contribution in [2.45, 2.75) is 18.7 Å². The number of methoxy groups -OCH3 is 2. The molecule has 0 unspecified atom stereocenters. The average Bonchev–Trinajstić information content (AvgIpc) is 2.79. The Hall–Kier alpha value is -3.85. The Morgan fingerprint density at radius 1 is 0.909 bits per heavy atom. The summed E-state index contributed by atoms with van der Waals surface area (Å²) in [5, 5.41) is 0.488. The number of hydrogen-bond acceptors (Lipinski definition) is 6. The minimum absolute atomic E-state index is 0.0951. The molecular formula is C24H23N3O5S. The predicted molar refractivity (Wildman–Crippen MR) is 127 cm³/mol. The van der Waals surface area contributed by atoms with Gasteiger partial charge >= 0.3 is 0 Å². The number of benzene rings is 3. The fourth-order valence-electron chi connectivity index (χ4n) is 3.67. The third-order valence-electron chi connectivity index (χ3n) is 5.31. The quantitative estimate of drug-likeness (QED) is 0.465. The second-order valence-electron chi connectivity index (χ2n) is 7.44.